The van der Waals surface area contributed by atoms with Crippen molar-refractivity contribution in [3.05, 3.63) is 12.2 Å². The Morgan fingerprint density at radius 3 is 2.10 bits per heavy atom. The molecule has 1 N–H and O–H groups in total. The average molecular weight is 156 g/mol. The molecule has 0 aromatic rings. The van der Waals surface area contributed by atoms with Crippen LogP contribution in [0.5, 0.6) is 0 Å². The number of methoxy groups -OCH3 is 1. The Morgan fingerprint density at radius 2 is 2.00 bits per heavy atom. The molecule has 10 heavy (non-hydrogen) atoms. The topological polar surface area (TPSA) is 29.5 Å². The monoisotopic (exact) mass is 156 g/mol. The van der Waals surface area contributed by atoms with Gasteiger partial charge < -0.3 is 9.84 Å². The quantitative estimate of drug-likeness (QED) is 0.478. The van der Waals surface area contributed by atoms with Crippen molar-refractivity contribution in [1.29, 1.82) is 0 Å². The van der Waals surface area contributed by atoms with Gasteiger partial charge in [0.05, 0.1) is 5.57 Å². The first-order valence-corrected chi connectivity index (χ1v) is 2.36. The number of halogens is 3. The van der Waals surface area contributed by atoms with Crippen molar-refractivity contribution < 1.29 is 23.0 Å². The average Bonchev–Trinajstić information content (AvgIpc) is 1.83. The normalized spacial score (nSPS) is 14.9. The molecule has 0 amide bonds. The summed E-state index contributed by atoms with van der Waals surface area (Å²) in [4.78, 5) is 0. The molecule has 60 valence electrons. The molecule has 5 heteroatoms. The van der Waals surface area contributed by atoms with Gasteiger partial charge in [0.25, 0.3) is 0 Å². The molecule has 1 atom stereocenters. The van der Waals surface area contributed by atoms with Gasteiger partial charge in [0.1, 0.15) is 0 Å². The maximum absolute atomic E-state index is 11.5. The highest BCUT2D eigenvalue weighted by Crippen LogP contribution is 2.26. The minimum absolute atomic E-state index is 0.960. The lowest BCUT2D eigenvalue weighted by Crippen LogP contribution is -2.24. The SMILES string of the molecule is C=C(C(O)OC)C(F)(F)F. The molecule has 0 bridgehead atoms. The zero-order valence-corrected chi connectivity index (χ0v) is 5.27. The van der Waals surface area contributed by atoms with Crippen LogP contribution >= 0.6 is 0 Å². The molecule has 0 radical (unpaired) electrons. The second kappa shape index (κ2) is 3.03. The molecule has 0 spiro atoms. The maximum atomic E-state index is 11.5. The minimum Gasteiger partial charge on any atom is -0.364 e. The molecule has 0 heterocycles. The molecule has 0 aromatic carbocycles. The lowest BCUT2D eigenvalue weighted by molar-refractivity contribution is -0.141. The number of aliphatic hydroxyl groups excluding tert-OH is 1. The van der Waals surface area contributed by atoms with Crippen LogP contribution in [0.25, 0.3) is 0 Å². The summed E-state index contributed by atoms with van der Waals surface area (Å²) in [6.07, 6.45) is -6.55. The lowest BCUT2D eigenvalue weighted by Gasteiger charge is -2.13. The van der Waals surface area contributed by atoms with Gasteiger partial charge in [-0.1, -0.05) is 6.58 Å². The van der Waals surface area contributed by atoms with Crippen molar-refractivity contribution in [2.24, 2.45) is 0 Å². The molecule has 0 saturated heterocycles. The first-order valence-electron chi connectivity index (χ1n) is 2.36. The van der Waals surface area contributed by atoms with E-state index in [9.17, 15) is 13.2 Å². The van der Waals surface area contributed by atoms with Crippen LogP contribution in [0.15, 0.2) is 12.2 Å². The Morgan fingerprint density at radius 1 is 1.60 bits per heavy atom. The van der Waals surface area contributed by atoms with E-state index in [1.807, 2.05) is 0 Å². The highest BCUT2D eigenvalue weighted by molar-refractivity contribution is 5.05. The molecule has 0 aliphatic rings. The molecule has 1 unspecified atom stereocenters. The van der Waals surface area contributed by atoms with Crippen LogP contribution < -0.4 is 0 Å². The van der Waals surface area contributed by atoms with Crippen molar-refractivity contribution in [2.75, 3.05) is 7.11 Å². The molecule has 0 aliphatic carbocycles. The molecular formula is C5H7F3O2. The molecule has 0 saturated carbocycles. The van der Waals surface area contributed by atoms with E-state index >= 15 is 0 Å². The number of hydrogen-bond acceptors (Lipinski definition) is 2. The Labute approximate surface area is 55.9 Å². The summed E-state index contributed by atoms with van der Waals surface area (Å²) >= 11 is 0. The fraction of sp³-hybridized carbons (Fsp3) is 0.600. The van der Waals surface area contributed by atoms with E-state index in [0.29, 0.717) is 0 Å². The number of alkyl halides is 3. The molecule has 0 rings (SSSR count). The second-order valence-electron chi connectivity index (χ2n) is 1.61. The molecule has 0 fully saturated rings. The fourth-order valence-corrected chi connectivity index (χ4v) is 0.282. The van der Waals surface area contributed by atoms with Crippen LogP contribution in [0.1, 0.15) is 0 Å². The summed E-state index contributed by atoms with van der Waals surface area (Å²) in [5.41, 5.74) is -1.30. The van der Waals surface area contributed by atoms with Crippen LogP contribution in [0.2, 0.25) is 0 Å². The van der Waals surface area contributed by atoms with E-state index in [2.05, 4.69) is 11.3 Å². The number of rotatable bonds is 2. The number of ether oxygens (including phenoxy) is 1. The lowest BCUT2D eigenvalue weighted by atomic mass is 10.3. The van der Waals surface area contributed by atoms with Crippen LogP contribution in [-0.2, 0) is 4.74 Å². The zero-order valence-electron chi connectivity index (χ0n) is 5.27. The van der Waals surface area contributed by atoms with Gasteiger partial charge in [-0.15, -0.1) is 0 Å². The van der Waals surface area contributed by atoms with Crippen molar-refractivity contribution in [3.8, 4) is 0 Å². The summed E-state index contributed by atoms with van der Waals surface area (Å²) in [5.74, 6) is 0. The summed E-state index contributed by atoms with van der Waals surface area (Å²) in [7, 11) is 0.960. The first kappa shape index (κ1) is 9.45. The van der Waals surface area contributed by atoms with E-state index in [4.69, 9.17) is 5.11 Å². The Kier molecular flexibility index (Phi) is 2.86. The summed E-state index contributed by atoms with van der Waals surface area (Å²) in [5, 5.41) is 8.42. The van der Waals surface area contributed by atoms with Crippen LogP contribution in [0.3, 0.4) is 0 Å². The van der Waals surface area contributed by atoms with Crippen molar-refractivity contribution in [2.45, 2.75) is 12.5 Å². The third-order valence-corrected chi connectivity index (χ3v) is 0.885. The van der Waals surface area contributed by atoms with Crippen molar-refractivity contribution >= 4 is 0 Å². The van der Waals surface area contributed by atoms with E-state index in [1.54, 1.807) is 0 Å². The van der Waals surface area contributed by atoms with Gasteiger partial charge >= 0.3 is 6.18 Å². The standard InChI is InChI=1S/C5H7F3O2/c1-3(4(9)10-2)5(6,7)8/h4,9H,1H2,2H3. The Hall–Kier alpha value is -0.550. The predicted molar refractivity (Wildman–Crippen MR) is 28.2 cm³/mol. The van der Waals surface area contributed by atoms with Gasteiger partial charge in [-0.25, -0.2) is 0 Å². The second-order valence-corrected chi connectivity index (χ2v) is 1.61. The van der Waals surface area contributed by atoms with E-state index in [0.717, 1.165) is 7.11 Å². The predicted octanol–water partition coefficient (Wildman–Crippen LogP) is 1.07. The number of aliphatic hydroxyl groups is 1. The summed E-state index contributed by atoms with van der Waals surface area (Å²) < 4.78 is 38.6. The van der Waals surface area contributed by atoms with Crippen LogP contribution in [-0.4, -0.2) is 24.7 Å². The summed E-state index contributed by atoms with van der Waals surface area (Å²) in [6, 6.07) is 0. The van der Waals surface area contributed by atoms with Crippen LogP contribution in [0, 0.1) is 0 Å². The highest BCUT2D eigenvalue weighted by Gasteiger charge is 2.36. The van der Waals surface area contributed by atoms with Gasteiger partial charge in [-0.05, 0) is 0 Å². The number of hydrogen-bond donors (Lipinski definition) is 1. The maximum Gasteiger partial charge on any atom is 0.416 e. The van der Waals surface area contributed by atoms with E-state index < -0.39 is 18.0 Å². The Bertz CT molecular complexity index is 129. The smallest absolute Gasteiger partial charge is 0.364 e. The summed E-state index contributed by atoms with van der Waals surface area (Å²) in [6.45, 7) is 2.60. The zero-order chi connectivity index (χ0) is 8.36. The van der Waals surface area contributed by atoms with Gasteiger partial charge in [0.2, 0.25) is 0 Å². The van der Waals surface area contributed by atoms with E-state index in [-0.39, 0.29) is 0 Å². The molecule has 2 nitrogen and oxygen atoms in total. The van der Waals surface area contributed by atoms with E-state index in [1.165, 1.54) is 0 Å². The third-order valence-electron chi connectivity index (χ3n) is 0.885. The van der Waals surface area contributed by atoms with Gasteiger partial charge in [-0.2, -0.15) is 13.2 Å². The highest BCUT2D eigenvalue weighted by atomic mass is 19.4. The molecule has 0 aromatic heterocycles. The molecular weight excluding hydrogens is 149 g/mol. The van der Waals surface area contributed by atoms with Crippen molar-refractivity contribution in [3.63, 3.8) is 0 Å². The van der Waals surface area contributed by atoms with Crippen LogP contribution in [0.4, 0.5) is 13.2 Å². The van der Waals surface area contributed by atoms with Gasteiger partial charge in [0, 0.05) is 7.11 Å². The minimum atomic E-state index is -4.59. The molecule has 0 aliphatic heterocycles. The largest absolute Gasteiger partial charge is 0.416 e. The first-order chi connectivity index (χ1) is 4.39. The Balaban J connectivity index is 4.09. The van der Waals surface area contributed by atoms with Crippen molar-refractivity contribution in [1.82, 2.24) is 0 Å². The third kappa shape index (κ3) is 2.36. The van der Waals surface area contributed by atoms with Gasteiger partial charge in [0.15, 0.2) is 6.29 Å². The fourth-order valence-electron chi connectivity index (χ4n) is 0.282. The van der Waals surface area contributed by atoms with Gasteiger partial charge in [-0.3, -0.25) is 0 Å².